The Morgan fingerprint density at radius 1 is 0.632 bits per heavy atom. The minimum Gasteiger partial charge on any atom is -0.0776 e. The lowest BCUT2D eigenvalue weighted by Crippen LogP contribution is -1.86. The number of benzene rings is 2. The van der Waals surface area contributed by atoms with Crippen LogP contribution in [0.2, 0.25) is 0 Å². The number of aryl methyl sites for hydroxylation is 1. The van der Waals surface area contributed by atoms with Gasteiger partial charge in [0.25, 0.3) is 0 Å². The molecule has 0 saturated heterocycles. The zero-order chi connectivity index (χ0) is 11.8. The Labute approximate surface area is 121 Å². The lowest BCUT2D eigenvalue weighted by molar-refractivity contribution is 1.19. The SMILES string of the molecule is C.C.C.CC.Cc1ccc(Cc2ccccc2)cc1. The summed E-state index contributed by atoms with van der Waals surface area (Å²) in [4.78, 5) is 0. The smallest absolute Gasteiger partial charge is 0.00258 e. The van der Waals surface area contributed by atoms with E-state index in [0.717, 1.165) is 6.42 Å². The molecule has 19 heavy (non-hydrogen) atoms. The van der Waals surface area contributed by atoms with Crippen molar-refractivity contribution in [1.29, 1.82) is 0 Å². The van der Waals surface area contributed by atoms with Crippen molar-refractivity contribution in [2.45, 2.75) is 49.5 Å². The molecule has 0 fully saturated rings. The number of hydrogen-bond donors (Lipinski definition) is 0. The maximum Gasteiger partial charge on any atom is -0.00258 e. The van der Waals surface area contributed by atoms with E-state index in [4.69, 9.17) is 0 Å². The molecule has 0 aliphatic rings. The molecule has 0 spiro atoms. The predicted octanol–water partition coefficient (Wildman–Crippen LogP) is 6.52. The molecular weight excluding hydrogens is 228 g/mol. The molecule has 0 nitrogen and oxygen atoms in total. The Bertz CT molecular complexity index is 384. The first kappa shape index (κ1) is 22.6. The minimum atomic E-state index is 0. The fourth-order valence-corrected chi connectivity index (χ4v) is 1.54. The molecule has 0 N–H and O–H groups in total. The van der Waals surface area contributed by atoms with Gasteiger partial charge in [-0.3, -0.25) is 0 Å². The molecule has 0 aliphatic heterocycles. The van der Waals surface area contributed by atoms with E-state index in [1.165, 1.54) is 16.7 Å². The zero-order valence-electron chi connectivity index (χ0n) is 10.4. The van der Waals surface area contributed by atoms with Crippen molar-refractivity contribution < 1.29 is 0 Å². The van der Waals surface area contributed by atoms with Crippen molar-refractivity contribution in [3.8, 4) is 0 Å². The summed E-state index contributed by atoms with van der Waals surface area (Å²) in [5.74, 6) is 0. The van der Waals surface area contributed by atoms with E-state index in [-0.39, 0.29) is 22.3 Å². The van der Waals surface area contributed by atoms with Gasteiger partial charge in [0.2, 0.25) is 0 Å². The summed E-state index contributed by atoms with van der Waals surface area (Å²) >= 11 is 0. The Morgan fingerprint density at radius 3 is 1.53 bits per heavy atom. The Balaban J connectivity index is -0.000000489. The first-order valence-corrected chi connectivity index (χ1v) is 5.94. The average Bonchev–Trinajstić information content (AvgIpc) is 2.36. The van der Waals surface area contributed by atoms with Crippen molar-refractivity contribution in [3.05, 3.63) is 71.3 Å². The summed E-state index contributed by atoms with van der Waals surface area (Å²) in [6.45, 7) is 6.12. The molecule has 0 unspecified atom stereocenters. The van der Waals surface area contributed by atoms with Crippen LogP contribution in [0, 0.1) is 6.92 Å². The third kappa shape index (κ3) is 8.20. The molecule has 0 saturated carbocycles. The van der Waals surface area contributed by atoms with Crippen LogP contribution in [0.25, 0.3) is 0 Å². The summed E-state index contributed by atoms with van der Waals surface area (Å²) < 4.78 is 0. The second-order valence-electron chi connectivity index (χ2n) is 3.65. The standard InChI is InChI=1S/C14H14.C2H6.3CH4/c1-12-7-9-14(10-8-12)11-13-5-3-2-4-6-13;1-2;;;/h2-10H,11H2,1H3;1-2H3;3*1H4. The molecule has 2 rings (SSSR count). The topological polar surface area (TPSA) is 0 Å². The van der Waals surface area contributed by atoms with Gasteiger partial charge < -0.3 is 0 Å². The fraction of sp³-hybridized carbons (Fsp3) is 0.368. The molecule has 0 bridgehead atoms. The highest BCUT2D eigenvalue weighted by Crippen LogP contribution is 2.09. The summed E-state index contributed by atoms with van der Waals surface area (Å²) in [6, 6.07) is 19.3. The van der Waals surface area contributed by atoms with Gasteiger partial charge in [-0.1, -0.05) is 96.3 Å². The van der Waals surface area contributed by atoms with Crippen LogP contribution in [0.4, 0.5) is 0 Å². The molecule has 0 amide bonds. The van der Waals surface area contributed by atoms with Crippen molar-refractivity contribution in [2.24, 2.45) is 0 Å². The van der Waals surface area contributed by atoms with E-state index in [1.54, 1.807) is 0 Å². The molecule has 0 radical (unpaired) electrons. The van der Waals surface area contributed by atoms with Crippen molar-refractivity contribution in [1.82, 2.24) is 0 Å². The molecule has 2 aromatic rings. The lowest BCUT2D eigenvalue weighted by Gasteiger charge is -2.01. The van der Waals surface area contributed by atoms with Crippen LogP contribution in [0.1, 0.15) is 52.8 Å². The van der Waals surface area contributed by atoms with E-state index in [1.807, 2.05) is 13.8 Å². The predicted molar refractivity (Wildman–Crippen MR) is 92.0 cm³/mol. The van der Waals surface area contributed by atoms with Crippen molar-refractivity contribution in [2.75, 3.05) is 0 Å². The van der Waals surface area contributed by atoms with E-state index >= 15 is 0 Å². The van der Waals surface area contributed by atoms with Crippen LogP contribution in [0.15, 0.2) is 54.6 Å². The fourth-order valence-electron chi connectivity index (χ4n) is 1.54. The van der Waals surface area contributed by atoms with E-state index < -0.39 is 0 Å². The van der Waals surface area contributed by atoms with E-state index in [2.05, 4.69) is 61.5 Å². The molecule has 2 aromatic carbocycles. The van der Waals surface area contributed by atoms with Crippen LogP contribution in [0.5, 0.6) is 0 Å². The number of rotatable bonds is 2. The third-order valence-electron chi connectivity index (χ3n) is 2.37. The maximum atomic E-state index is 2.20. The second-order valence-corrected chi connectivity index (χ2v) is 3.65. The van der Waals surface area contributed by atoms with Gasteiger partial charge in [-0.2, -0.15) is 0 Å². The van der Waals surface area contributed by atoms with Gasteiger partial charge in [0.1, 0.15) is 0 Å². The third-order valence-corrected chi connectivity index (χ3v) is 2.37. The van der Waals surface area contributed by atoms with Gasteiger partial charge in [0, 0.05) is 0 Å². The van der Waals surface area contributed by atoms with Gasteiger partial charge >= 0.3 is 0 Å². The molecule has 0 aromatic heterocycles. The summed E-state index contributed by atoms with van der Waals surface area (Å²) in [5, 5.41) is 0. The molecule has 108 valence electrons. The number of hydrogen-bond acceptors (Lipinski definition) is 0. The van der Waals surface area contributed by atoms with Crippen LogP contribution in [-0.2, 0) is 6.42 Å². The molecule has 0 heterocycles. The van der Waals surface area contributed by atoms with Gasteiger partial charge in [0.15, 0.2) is 0 Å². The largest absolute Gasteiger partial charge is 0.0776 e. The molecule has 0 heteroatoms. The van der Waals surface area contributed by atoms with Gasteiger partial charge in [-0.05, 0) is 24.5 Å². The van der Waals surface area contributed by atoms with Gasteiger partial charge in [-0.15, -0.1) is 0 Å². The van der Waals surface area contributed by atoms with Crippen molar-refractivity contribution in [3.63, 3.8) is 0 Å². The van der Waals surface area contributed by atoms with Crippen LogP contribution in [0.3, 0.4) is 0 Å². The summed E-state index contributed by atoms with van der Waals surface area (Å²) in [7, 11) is 0. The van der Waals surface area contributed by atoms with E-state index in [0.29, 0.717) is 0 Å². The lowest BCUT2D eigenvalue weighted by atomic mass is 10.0. The highest BCUT2D eigenvalue weighted by Gasteiger charge is 1.94. The van der Waals surface area contributed by atoms with Crippen molar-refractivity contribution >= 4 is 0 Å². The van der Waals surface area contributed by atoms with Crippen LogP contribution < -0.4 is 0 Å². The maximum absolute atomic E-state index is 2.20. The highest BCUT2D eigenvalue weighted by atomic mass is 14.0. The summed E-state index contributed by atoms with van der Waals surface area (Å²) in [6.07, 6.45) is 1.03. The Hall–Kier alpha value is -1.56. The van der Waals surface area contributed by atoms with Crippen LogP contribution in [-0.4, -0.2) is 0 Å². The molecule has 0 atom stereocenters. The van der Waals surface area contributed by atoms with Gasteiger partial charge in [-0.25, -0.2) is 0 Å². The zero-order valence-corrected chi connectivity index (χ0v) is 10.4. The normalized spacial score (nSPS) is 7.74. The van der Waals surface area contributed by atoms with Crippen LogP contribution >= 0.6 is 0 Å². The molecular formula is C19H32. The summed E-state index contributed by atoms with van der Waals surface area (Å²) in [5.41, 5.74) is 4.07. The Kier molecular flexibility index (Phi) is 15.3. The monoisotopic (exact) mass is 260 g/mol. The second kappa shape index (κ2) is 12.9. The first-order chi connectivity index (χ1) is 7.84. The first-order valence-electron chi connectivity index (χ1n) is 5.94. The van der Waals surface area contributed by atoms with Gasteiger partial charge in [0.05, 0.1) is 0 Å². The van der Waals surface area contributed by atoms with E-state index in [9.17, 15) is 0 Å². The quantitative estimate of drug-likeness (QED) is 0.576. The average molecular weight is 260 g/mol. The molecule has 0 aliphatic carbocycles. The highest BCUT2D eigenvalue weighted by molar-refractivity contribution is 5.27. The Morgan fingerprint density at radius 2 is 1.05 bits per heavy atom. The minimum absolute atomic E-state index is 0.